The Morgan fingerprint density at radius 2 is 1.50 bits per heavy atom. The second-order valence-corrected chi connectivity index (χ2v) is 16.3. The largest absolute Gasteiger partial charge is 0.438 e. The zero-order valence-electron chi connectivity index (χ0n) is 36.0. The van der Waals surface area contributed by atoms with Crippen LogP contribution >= 0.6 is 0 Å². The van der Waals surface area contributed by atoms with Gasteiger partial charge in [0.05, 0.1) is 37.5 Å². The van der Waals surface area contributed by atoms with E-state index in [2.05, 4.69) is 28.2 Å². The molecule has 18 heteroatoms. The Labute approximate surface area is 370 Å². The molecule has 64 heavy (non-hydrogen) atoms. The summed E-state index contributed by atoms with van der Waals surface area (Å²) in [5.74, 6) is -0.392. The third kappa shape index (κ3) is 13.6. The van der Waals surface area contributed by atoms with E-state index in [0.29, 0.717) is 17.7 Å². The van der Waals surface area contributed by atoms with Gasteiger partial charge in [0, 0.05) is 23.4 Å². The van der Waals surface area contributed by atoms with Crippen molar-refractivity contribution in [3.05, 3.63) is 95.6 Å². The van der Waals surface area contributed by atoms with E-state index >= 15 is 0 Å². The van der Waals surface area contributed by atoms with Crippen LogP contribution in [0.25, 0.3) is 0 Å². The molecule has 3 aromatic rings. The lowest BCUT2D eigenvalue weighted by Crippen LogP contribution is -2.69. The first-order valence-corrected chi connectivity index (χ1v) is 21.9. The molecular weight excluding hydrogens is 842 g/mol. The zero-order valence-corrected chi connectivity index (χ0v) is 36.0. The molecule has 4 amide bonds. The molecule has 3 heterocycles. The topological polar surface area (TPSA) is 195 Å². The summed E-state index contributed by atoms with van der Waals surface area (Å²) in [5, 5.41) is 33.2. The van der Waals surface area contributed by atoms with Crippen LogP contribution in [0.4, 0.5) is 34.1 Å². The molecule has 3 aliphatic rings. The third-order valence-electron chi connectivity index (χ3n) is 11.4. The highest BCUT2D eigenvalue weighted by molar-refractivity contribution is 5.89. The van der Waals surface area contributed by atoms with Crippen molar-refractivity contribution in [1.29, 1.82) is 0 Å². The summed E-state index contributed by atoms with van der Waals surface area (Å²) < 4.78 is 77.5. The van der Waals surface area contributed by atoms with Gasteiger partial charge in [-0.15, -0.1) is 0 Å². The van der Waals surface area contributed by atoms with Crippen molar-refractivity contribution in [2.75, 3.05) is 30.5 Å². The van der Waals surface area contributed by atoms with Gasteiger partial charge in [-0.3, -0.25) is 10.1 Å². The van der Waals surface area contributed by atoms with Gasteiger partial charge in [0.1, 0.15) is 30.5 Å². The molecule has 10 atom stereocenters. The monoisotopic (exact) mass is 900 g/mol. The molecular formula is C46H59F3N4O11. The first kappa shape index (κ1) is 48.6. The third-order valence-corrected chi connectivity index (χ3v) is 11.4. The van der Waals surface area contributed by atoms with Crippen molar-refractivity contribution in [2.24, 2.45) is 0 Å². The summed E-state index contributed by atoms with van der Waals surface area (Å²) in [4.78, 5) is 40.6. The average Bonchev–Trinajstić information content (AvgIpc) is 3.27. The molecule has 5 unspecified atom stereocenters. The highest BCUT2D eigenvalue weighted by Crippen LogP contribution is 2.37. The number of aryl methyl sites for hydroxylation is 1. The van der Waals surface area contributed by atoms with E-state index in [0.717, 1.165) is 62.3 Å². The number of unbranched alkanes of at least 4 members (excludes halogenated alkanes) is 7. The van der Waals surface area contributed by atoms with E-state index in [1.807, 2.05) is 19.1 Å². The standard InChI is InChI=1S/C46H59F3N4O11/c1-3-4-5-6-7-8-9-13-22-36(55)53-37-34(25-54)59-26-33(52-44(57)50-32-21-15-19-30(24-32)46(47,48)49)39(37)62-43-41(64-45(58)51-31-20-14-16-28(2)23-31)38(56)40-35(61-43)27-60-42(63-40)29-17-11-10-12-18-29/h10-12,14-21,23-24,33-35,37-43,54,56H,3-9,13,22,25-27H2,1-2H3,(H,51,58)(H,53,55)(H2,50,52,57)/t33?,34?,35?,37-,38-,39+,40-,41?,42?,43-/m0/s1. The van der Waals surface area contributed by atoms with E-state index in [9.17, 15) is 37.8 Å². The Balaban J connectivity index is 1.25. The lowest BCUT2D eigenvalue weighted by atomic mass is 9.93. The van der Waals surface area contributed by atoms with Crippen molar-refractivity contribution < 1.29 is 66.2 Å². The van der Waals surface area contributed by atoms with Crippen LogP contribution in [0.15, 0.2) is 78.9 Å². The Morgan fingerprint density at radius 3 is 2.20 bits per heavy atom. The maximum atomic E-state index is 13.6. The van der Waals surface area contributed by atoms with Crippen LogP contribution in [0.5, 0.6) is 0 Å². The van der Waals surface area contributed by atoms with Crippen molar-refractivity contribution in [3.63, 3.8) is 0 Å². The number of nitrogens with one attached hydrogen (secondary N) is 4. The number of benzene rings is 3. The van der Waals surface area contributed by atoms with Gasteiger partial charge in [-0.1, -0.05) is 100 Å². The van der Waals surface area contributed by atoms with Gasteiger partial charge < -0.3 is 54.6 Å². The minimum absolute atomic E-state index is 0.0871. The number of carbonyl (C=O) groups is 3. The summed E-state index contributed by atoms with van der Waals surface area (Å²) in [5.41, 5.74) is 0.792. The summed E-state index contributed by atoms with van der Waals surface area (Å²) >= 11 is 0. The van der Waals surface area contributed by atoms with E-state index in [1.165, 1.54) is 12.5 Å². The van der Waals surface area contributed by atoms with Gasteiger partial charge in [0.25, 0.3) is 0 Å². The molecule has 0 spiro atoms. The van der Waals surface area contributed by atoms with Gasteiger partial charge in [0.2, 0.25) is 5.91 Å². The Morgan fingerprint density at radius 1 is 0.797 bits per heavy atom. The fourth-order valence-corrected chi connectivity index (χ4v) is 8.05. The zero-order chi connectivity index (χ0) is 45.6. The molecule has 0 radical (unpaired) electrons. The second kappa shape index (κ2) is 23.4. The fraction of sp³-hybridized carbons (Fsp3) is 0.543. The van der Waals surface area contributed by atoms with Gasteiger partial charge >= 0.3 is 18.3 Å². The molecule has 350 valence electrons. The number of carbonyl (C=O) groups excluding carboxylic acids is 3. The van der Waals surface area contributed by atoms with Gasteiger partial charge in [-0.25, -0.2) is 9.59 Å². The highest BCUT2D eigenvalue weighted by Gasteiger charge is 2.54. The molecule has 3 aliphatic heterocycles. The second-order valence-electron chi connectivity index (χ2n) is 16.3. The van der Waals surface area contributed by atoms with Crippen molar-refractivity contribution >= 4 is 29.4 Å². The quantitative estimate of drug-likeness (QED) is 0.0713. The molecule has 6 rings (SSSR count). The maximum Gasteiger partial charge on any atom is 0.416 e. The van der Waals surface area contributed by atoms with Crippen LogP contribution < -0.4 is 21.3 Å². The van der Waals surface area contributed by atoms with E-state index < -0.39 is 97.7 Å². The van der Waals surface area contributed by atoms with Gasteiger partial charge in [0.15, 0.2) is 18.7 Å². The molecule has 6 N–H and O–H groups in total. The number of aliphatic hydroxyl groups excluding tert-OH is 2. The minimum atomic E-state index is -4.67. The highest BCUT2D eigenvalue weighted by atomic mass is 19.4. The van der Waals surface area contributed by atoms with Crippen molar-refractivity contribution in [3.8, 4) is 0 Å². The SMILES string of the molecule is CCCCCCCCCCC(=O)N[C@H]1C(CO)OCC(NC(=O)Nc2cccc(C(F)(F)F)c2)[C@H]1O[C@@H]1OC2COC(c3ccccc3)O[C@@H]2[C@H](O)C1OC(=O)Nc1cccc(C)c1. The minimum Gasteiger partial charge on any atom is -0.438 e. The van der Waals surface area contributed by atoms with Gasteiger partial charge in [-0.05, 0) is 49.2 Å². The normalized spacial score (nSPS) is 26.9. The molecule has 0 bridgehead atoms. The number of urea groups is 1. The van der Waals surface area contributed by atoms with Crippen LogP contribution in [-0.4, -0.2) is 103 Å². The number of halogens is 3. The molecule has 0 saturated carbocycles. The Hall–Kier alpha value is -4.82. The maximum absolute atomic E-state index is 13.6. The van der Waals surface area contributed by atoms with Crippen LogP contribution in [0.1, 0.15) is 87.7 Å². The number of hydrogen-bond acceptors (Lipinski definition) is 11. The number of aliphatic hydroxyl groups is 2. The lowest BCUT2D eigenvalue weighted by molar-refractivity contribution is -0.369. The Bertz CT molecular complexity index is 1960. The molecule has 0 aliphatic carbocycles. The molecule has 3 fully saturated rings. The molecule has 15 nitrogen and oxygen atoms in total. The number of fused-ring (bicyclic) bond motifs is 1. The number of hydrogen-bond donors (Lipinski definition) is 6. The van der Waals surface area contributed by atoms with E-state index in [4.69, 9.17) is 28.4 Å². The van der Waals surface area contributed by atoms with Crippen molar-refractivity contribution in [2.45, 2.75) is 139 Å². The predicted octanol–water partition coefficient (Wildman–Crippen LogP) is 7.11. The van der Waals surface area contributed by atoms with Crippen LogP contribution in [0.3, 0.4) is 0 Å². The summed E-state index contributed by atoms with van der Waals surface area (Å²) in [7, 11) is 0. The molecule has 3 saturated heterocycles. The smallest absolute Gasteiger partial charge is 0.416 e. The number of alkyl halides is 3. The number of amides is 4. The fourth-order valence-electron chi connectivity index (χ4n) is 8.05. The predicted molar refractivity (Wildman–Crippen MR) is 228 cm³/mol. The summed E-state index contributed by atoms with van der Waals surface area (Å²) in [6.45, 7) is 3.01. The number of ether oxygens (including phenoxy) is 6. The first-order chi connectivity index (χ1) is 30.8. The first-order valence-electron chi connectivity index (χ1n) is 21.9. The van der Waals surface area contributed by atoms with E-state index in [1.54, 1.807) is 42.5 Å². The Kier molecular flexibility index (Phi) is 17.8. The van der Waals surface area contributed by atoms with Gasteiger partial charge in [-0.2, -0.15) is 13.2 Å². The summed E-state index contributed by atoms with van der Waals surface area (Å²) in [6.07, 6.45) is -7.61. The van der Waals surface area contributed by atoms with E-state index in [-0.39, 0.29) is 25.3 Å². The van der Waals surface area contributed by atoms with Crippen LogP contribution in [0.2, 0.25) is 0 Å². The number of rotatable bonds is 18. The lowest BCUT2D eigenvalue weighted by Gasteiger charge is -2.49. The number of anilines is 2. The van der Waals surface area contributed by atoms with Crippen molar-refractivity contribution in [1.82, 2.24) is 10.6 Å². The molecule has 3 aromatic carbocycles. The van der Waals surface area contributed by atoms with Crippen LogP contribution in [-0.2, 0) is 39.4 Å². The van der Waals surface area contributed by atoms with Crippen LogP contribution in [0, 0.1) is 6.92 Å². The average molecular weight is 901 g/mol. The summed E-state index contributed by atoms with van der Waals surface area (Å²) in [6, 6.07) is 16.7. The molecule has 0 aromatic heterocycles.